The highest BCUT2D eigenvalue weighted by Crippen LogP contribution is 1.73. The Morgan fingerprint density at radius 2 is 2.00 bits per heavy atom. The molecule has 0 atom stereocenters. The van der Waals surface area contributed by atoms with E-state index in [1.54, 1.807) is 0 Å². The number of nitrogens with one attached hydrogen (secondary N) is 2. The predicted octanol–water partition coefficient (Wildman–Crippen LogP) is 0.704. The second kappa shape index (κ2) is 2.23. The molecule has 0 saturated heterocycles. The van der Waals surface area contributed by atoms with Gasteiger partial charge in [-0.2, -0.15) is 0 Å². The number of hydrogen-bond donors (Lipinski definition) is 2. The van der Waals surface area contributed by atoms with Crippen LogP contribution in [0.15, 0.2) is 4.99 Å². The lowest BCUT2D eigenvalue weighted by Gasteiger charge is -1.85. The summed E-state index contributed by atoms with van der Waals surface area (Å²) < 4.78 is 0. The molecule has 38 valence electrons. The molecule has 0 rings (SSSR count). The predicted molar refractivity (Wildman–Crippen MR) is 30.7 cm³/mol. The molecule has 0 amide bonds. The van der Waals surface area contributed by atoms with Gasteiger partial charge in [0.25, 0.3) is 0 Å². The lowest BCUT2D eigenvalue weighted by atomic mass is 10.4. The van der Waals surface area contributed by atoms with Crippen molar-refractivity contribution in [2.24, 2.45) is 4.99 Å². The molecular formula is C4H7N3. The van der Waals surface area contributed by atoms with E-state index in [9.17, 15) is 0 Å². The van der Waals surface area contributed by atoms with Crippen molar-refractivity contribution in [1.29, 1.82) is 10.8 Å². The molecule has 0 bridgehead atoms. The van der Waals surface area contributed by atoms with E-state index in [0.717, 1.165) is 0 Å². The van der Waals surface area contributed by atoms with Crippen LogP contribution in [0, 0.1) is 10.8 Å². The summed E-state index contributed by atoms with van der Waals surface area (Å²) in [4.78, 5) is 3.20. The molecule has 0 aliphatic heterocycles. The van der Waals surface area contributed by atoms with Gasteiger partial charge in [-0.3, -0.25) is 5.41 Å². The van der Waals surface area contributed by atoms with Crippen molar-refractivity contribution in [3.05, 3.63) is 0 Å². The summed E-state index contributed by atoms with van der Waals surface area (Å²) in [6.45, 7) is 4.56. The topological polar surface area (TPSA) is 60.1 Å². The number of nitrogens with zero attached hydrogens (tertiary/aromatic N) is 1. The Morgan fingerprint density at radius 3 is 2.00 bits per heavy atom. The van der Waals surface area contributed by atoms with Gasteiger partial charge in [-0.05, 0) is 13.6 Å². The zero-order valence-corrected chi connectivity index (χ0v) is 4.15. The van der Waals surface area contributed by atoms with Crippen molar-refractivity contribution in [2.45, 2.75) is 6.92 Å². The molecule has 0 aromatic heterocycles. The zero-order valence-electron chi connectivity index (χ0n) is 4.15. The second-order valence-corrected chi connectivity index (χ2v) is 1.13. The lowest BCUT2D eigenvalue weighted by molar-refractivity contribution is 1.43. The van der Waals surface area contributed by atoms with Gasteiger partial charge in [0.15, 0.2) is 5.84 Å². The Kier molecular flexibility index (Phi) is 1.91. The number of aliphatic imine (C=N–C) groups is 1. The second-order valence-electron chi connectivity index (χ2n) is 1.13. The molecule has 0 radical (unpaired) electrons. The molecule has 3 heteroatoms. The average molecular weight is 97.1 g/mol. The largest absolute Gasteiger partial charge is 0.302 e. The maximum absolute atomic E-state index is 6.74. The van der Waals surface area contributed by atoms with Gasteiger partial charge < -0.3 is 5.41 Å². The van der Waals surface area contributed by atoms with Crippen LogP contribution in [0.4, 0.5) is 0 Å². The molecule has 0 saturated carbocycles. The van der Waals surface area contributed by atoms with Crippen molar-refractivity contribution in [3.8, 4) is 0 Å². The first-order valence-corrected chi connectivity index (χ1v) is 1.79. The quantitative estimate of drug-likeness (QED) is 0.357. The first-order chi connectivity index (χ1) is 3.18. The molecule has 3 nitrogen and oxygen atoms in total. The van der Waals surface area contributed by atoms with Crippen LogP contribution < -0.4 is 0 Å². The van der Waals surface area contributed by atoms with Crippen LogP contribution in [0.1, 0.15) is 6.92 Å². The summed E-state index contributed by atoms with van der Waals surface area (Å²) in [6.07, 6.45) is 0. The summed E-state index contributed by atoms with van der Waals surface area (Å²) in [7, 11) is 0. The third kappa shape index (κ3) is 1.81. The molecule has 2 N–H and O–H groups in total. The summed E-state index contributed by atoms with van der Waals surface area (Å²) in [5, 5.41) is 13.5. The fourth-order valence-electron chi connectivity index (χ4n) is 0.119. The van der Waals surface area contributed by atoms with E-state index in [0.29, 0.717) is 0 Å². The molecular weight excluding hydrogens is 90.1 g/mol. The van der Waals surface area contributed by atoms with E-state index >= 15 is 0 Å². The fraction of sp³-hybridized carbons (Fsp3) is 0.250. The maximum Gasteiger partial charge on any atom is 0.164 e. The van der Waals surface area contributed by atoms with Crippen LogP contribution in [0.5, 0.6) is 0 Å². The number of rotatable bonds is 1. The van der Waals surface area contributed by atoms with E-state index in [1.807, 2.05) is 0 Å². The minimum atomic E-state index is -0.0556. The van der Waals surface area contributed by atoms with Gasteiger partial charge in [0.05, 0.1) is 5.71 Å². The van der Waals surface area contributed by atoms with Gasteiger partial charge in [0.2, 0.25) is 0 Å². The van der Waals surface area contributed by atoms with E-state index in [2.05, 4.69) is 11.7 Å². The van der Waals surface area contributed by atoms with Crippen molar-refractivity contribution >= 4 is 18.3 Å². The Labute approximate surface area is 42.1 Å². The van der Waals surface area contributed by atoms with Crippen molar-refractivity contribution in [1.82, 2.24) is 0 Å². The average Bonchev–Trinajstić information content (AvgIpc) is 1.65. The van der Waals surface area contributed by atoms with Crippen LogP contribution >= 0.6 is 0 Å². The fourth-order valence-corrected chi connectivity index (χ4v) is 0.119. The molecule has 7 heavy (non-hydrogen) atoms. The highest BCUT2D eigenvalue weighted by atomic mass is 14.8. The van der Waals surface area contributed by atoms with Gasteiger partial charge in [-0.1, -0.05) is 0 Å². The van der Waals surface area contributed by atoms with Gasteiger partial charge in [-0.15, -0.1) is 0 Å². The normalized spacial score (nSPS) is 7.57. The van der Waals surface area contributed by atoms with Gasteiger partial charge >= 0.3 is 0 Å². The minimum absolute atomic E-state index is 0.0556. The summed E-state index contributed by atoms with van der Waals surface area (Å²) in [5.74, 6) is -0.0556. The Balaban J connectivity index is 3.81. The number of hydrogen-bond acceptors (Lipinski definition) is 2. The van der Waals surface area contributed by atoms with Crippen LogP contribution in [0.25, 0.3) is 0 Å². The monoisotopic (exact) mass is 97.1 g/mol. The van der Waals surface area contributed by atoms with Crippen molar-refractivity contribution in [2.75, 3.05) is 0 Å². The first kappa shape index (κ1) is 6.01. The zero-order chi connectivity index (χ0) is 5.86. The van der Waals surface area contributed by atoms with Crippen molar-refractivity contribution in [3.63, 3.8) is 0 Å². The summed E-state index contributed by atoms with van der Waals surface area (Å²) in [6, 6.07) is 0. The smallest absolute Gasteiger partial charge is 0.164 e. The third-order valence-corrected chi connectivity index (χ3v) is 0.513. The van der Waals surface area contributed by atoms with Crippen LogP contribution in [-0.2, 0) is 0 Å². The van der Waals surface area contributed by atoms with E-state index in [-0.39, 0.29) is 11.5 Å². The third-order valence-electron chi connectivity index (χ3n) is 0.513. The molecule has 0 aliphatic carbocycles. The highest BCUT2D eigenvalue weighted by Gasteiger charge is 1.88. The van der Waals surface area contributed by atoms with E-state index in [1.165, 1.54) is 6.92 Å². The van der Waals surface area contributed by atoms with Crippen LogP contribution in [0.3, 0.4) is 0 Å². The van der Waals surface area contributed by atoms with Crippen LogP contribution in [0.2, 0.25) is 0 Å². The van der Waals surface area contributed by atoms with Gasteiger partial charge in [-0.25, -0.2) is 4.99 Å². The molecule has 0 aromatic rings. The summed E-state index contributed by atoms with van der Waals surface area (Å²) >= 11 is 0. The highest BCUT2D eigenvalue weighted by molar-refractivity contribution is 6.38. The van der Waals surface area contributed by atoms with E-state index in [4.69, 9.17) is 10.8 Å². The van der Waals surface area contributed by atoms with E-state index < -0.39 is 0 Å². The minimum Gasteiger partial charge on any atom is -0.302 e. The van der Waals surface area contributed by atoms with Gasteiger partial charge in [0, 0.05) is 0 Å². The molecule has 0 aliphatic rings. The van der Waals surface area contributed by atoms with Crippen LogP contribution in [-0.4, -0.2) is 18.3 Å². The molecule has 0 aromatic carbocycles. The van der Waals surface area contributed by atoms with Crippen molar-refractivity contribution < 1.29 is 0 Å². The Bertz CT molecular complexity index is 114. The first-order valence-electron chi connectivity index (χ1n) is 1.79. The van der Waals surface area contributed by atoms with Gasteiger partial charge in [0.1, 0.15) is 0 Å². The molecule has 0 spiro atoms. The number of amidine groups is 1. The molecule has 0 heterocycles. The Hall–Kier alpha value is -0.990. The Morgan fingerprint density at radius 1 is 1.57 bits per heavy atom. The molecule has 0 unspecified atom stereocenters. The standard InChI is InChI=1S/C4H7N3/c1-3(5)4(6)7-2/h5-6H,2H2,1H3. The maximum atomic E-state index is 6.74. The SMILES string of the molecule is C=NC(=N)C(C)=N. The molecule has 0 fully saturated rings. The summed E-state index contributed by atoms with van der Waals surface area (Å²) in [5.41, 5.74) is 0.148. The lowest BCUT2D eigenvalue weighted by Crippen LogP contribution is -2.01.